The third-order valence-corrected chi connectivity index (χ3v) is 4.00. The Balaban J connectivity index is 0.00000220. The first-order chi connectivity index (χ1) is 9.56. The molecule has 2 unspecified atom stereocenters. The number of hydrogen-bond donors (Lipinski definition) is 2. The SMILES string of the molecule is CC(N)C1CCCCN1CC(=O)Nc1ccc(Cl)cc1.Cl. The number of anilines is 1. The molecule has 0 saturated carbocycles. The van der Waals surface area contributed by atoms with E-state index in [0.717, 1.165) is 25.1 Å². The molecule has 0 aliphatic carbocycles. The van der Waals surface area contributed by atoms with Crippen LogP contribution in [0.3, 0.4) is 0 Å². The number of rotatable bonds is 4. The molecular formula is C15H23Cl2N3O. The second kappa shape index (κ2) is 8.59. The van der Waals surface area contributed by atoms with E-state index in [0.29, 0.717) is 17.6 Å². The first-order valence-electron chi connectivity index (χ1n) is 7.11. The van der Waals surface area contributed by atoms with Gasteiger partial charge < -0.3 is 11.1 Å². The number of piperidine rings is 1. The molecule has 1 aliphatic rings. The maximum atomic E-state index is 12.1. The zero-order valence-corrected chi connectivity index (χ0v) is 13.8. The van der Waals surface area contributed by atoms with Crippen molar-refractivity contribution < 1.29 is 4.79 Å². The number of likely N-dealkylation sites (tertiary alicyclic amines) is 1. The van der Waals surface area contributed by atoms with E-state index in [4.69, 9.17) is 17.3 Å². The Morgan fingerprint density at radius 2 is 2.10 bits per heavy atom. The van der Waals surface area contributed by atoms with Gasteiger partial charge in [0.2, 0.25) is 5.91 Å². The lowest BCUT2D eigenvalue weighted by molar-refractivity contribution is -0.118. The maximum Gasteiger partial charge on any atom is 0.238 e. The monoisotopic (exact) mass is 331 g/mol. The molecule has 0 bridgehead atoms. The number of nitrogens with one attached hydrogen (secondary N) is 1. The van der Waals surface area contributed by atoms with Gasteiger partial charge in [-0.15, -0.1) is 12.4 Å². The number of carbonyl (C=O) groups excluding carboxylic acids is 1. The van der Waals surface area contributed by atoms with Crippen LogP contribution < -0.4 is 11.1 Å². The van der Waals surface area contributed by atoms with Gasteiger partial charge >= 0.3 is 0 Å². The fourth-order valence-corrected chi connectivity index (χ4v) is 2.85. The second-order valence-electron chi connectivity index (χ2n) is 5.45. The summed E-state index contributed by atoms with van der Waals surface area (Å²) >= 11 is 5.82. The van der Waals surface area contributed by atoms with Crippen molar-refractivity contribution in [2.24, 2.45) is 5.73 Å². The summed E-state index contributed by atoms with van der Waals surface area (Å²) in [5.74, 6) is -0.000118. The smallest absolute Gasteiger partial charge is 0.238 e. The third-order valence-electron chi connectivity index (χ3n) is 3.75. The maximum absolute atomic E-state index is 12.1. The zero-order chi connectivity index (χ0) is 14.5. The van der Waals surface area contributed by atoms with Gasteiger partial charge in [-0.05, 0) is 50.6 Å². The van der Waals surface area contributed by atoms with Crippen LogP contribution in [0.1, 0.15) is 26.2 Å². The molecule has 0 spiro atoms. The van der Waals surface area contributed by atoms with E-state index < -0.39 is 0 Å². The third kappa shape index (κ3) is 5.47. The van der Waals surface area contributed by atoms with E-state index >= 15 is 0 Å². The van der Waals surface area contributed by atoms with Crippen molar-refractivity contribution in [1.29, 1.82) is 0 Å². The summed E-state index contributed by atoms with van der Waals surface area (Å²) in [6, 6.07) is 7.54. The van der Waals surface area contributed by atoms with E-state index in [1.807, 2.05) is 6.92 Å². The number of nitrogens with zero attached hydrogens (tertiary/aromatic N) is 1. The summed E-state index contributed by atoms with van der Waals surface area (Å²) in [6.07, 6.45) is 3.41. The molecule has 0 radical (unpaired) electrons. The Morgan fingerprint density at radius 3 is 2.71 bits per heavy atom. The molecule has 1 amide bonds. The molecule has 1 aromatic carbocycles. The first-order valence-corrected chi connectivity index (χ1v) is 7.49. The predicted molar refractivity (Wildman–Crippen MR) is 90.2 cm³/mol. The lowest BCUT2D eigenvalue weighted by Crippen LogP contribution is -2.51. The number of benzene rings is 1. The van der Waals surface area contributed by atoms with Crippen LogP contribution in [-0.4, -0.2) is 36.0 Å². The molecule has 118 valence electrons. The number of amides is 1. The van der Waals surface area contributed by atoms with E-state index in [1.165, 1.54) is 6.42 Å². The van der Waals surface area contributed by atoms with Gasteiger partial charge in [0.25, 0.3) is 0 Å². The van der Waals surface area contributed by atoms with Crippen LogP contribution in [0, 0.1) is 0 Å². The number of carbonyl (C=O) groups is 1. The average Bonchev–Trinajstić information content (AvgIpc) is 2.41. The van der Waals surface area contributed by atoms with Gasteiger partial charge in [-0.3, -0.25) is 9.69 Å². The van der Waals surface area contributed by atoms with Crippen molar-refractivity contribution in [3.05, 3.63) is 29.3 Å². The van der Waals surface area contributed by atoms with Crippen molar-refractivity contribution in [3.8, 4) is 0 Å². The summed E-state index contributed by atoms with van der Waals surface area (Å²) in [4.78, 5) is 14.3. The Hall–Kier alpha value is -0.810. The van der Waals surface area contributed by atoms with Gasteiger partial charge in [0.1, 0.15) is 0 Å². The van der Waals surface area contributed by atoms with Gasteiger partial charge in [-0.25, -0.2) is 0 Å². The lowest BCUT2D eigenvalue weighted by Gasteiger charge is -2.37. The van der Waals surface area contributed by atoms with Gasteiger partial charge in [0.05, 0.1) is 6.54 Å². The van der Waals surface area contributed by atoms with Crippen LogP contribution in [0.15, 0.2) is 24.3 Å². The molecule has 21 heavy (non-hydrogen) atoms. The van der Waals surface area contributed by atoms with Crippen molar-refractivity contribution in [2.75, 3.05) is 18.4 Å². The van der Waals surface area contributed by atoms with Crippen molar-refractivity contribution in [3.63, 3.8) is 0 Å². The molecular weight excluding hydrogens is 309 g/mol. The largest absolute Gasteiger partial charge is 0.327 e. The highest BCUT2D eigenvalue weighted by molar-refractivity contribution is 6.30. The number of hydrogen-bond acceptors (Lipinski definition) is 3. The molecule has 0 aromatic heterocycles. The highest BCUT2D eigenvalue weighted by Gasteiger charge is 2.26. The highest BCUT2D eigenvalue weighted by atomic mass is 35.5. The minimum Gasteiger partial charge on any atom is -0.327 e. The van der Waals surface area contributed by atoms with Crippen LogP contribution in [0.25, 0.3) is 0 Å². The predicted octanol–water partition coefficient (Wildman–Crippen LogP) is 2.90. The fourth-order valence-electron chi connectivity index (χ4n) is 2.73. The van der Waals surface area contributed by atoms with E-state index in [-0.39, 0.29) is 24.4 Å². The summed E-state index contributed by atoms with van der Waals surface area (Å²) in [5.41, 5.74) is 6.79. The molecule has 1 aromatic rings. The Bertz CT molecular complexity index is 451. The molecule has 1 heterocycles. The molecule has 1 fully saturated rings. The van der Waals surface area contributed by atoms with E-state index in [9.17, 15) is 4.79 Å². The van der Waals surface area contributed by atoms with Gasteiger partial charge in [0, 0.05) is 22.8 Å². The molecule has 2 rings (SSSR count). The van der Waals surface area contributed by atoms with E-state index in [2.05, 4.69) is 10.2 Å². The first kappa shape index (κ1) is 18.2. The minimum atomic E-state index is -0.000118. The second-order valence-corrected chi connectivity index (χ2v) is 5.88. The standard InChI is InChI=1S/C15H22ClN3O.ClH/c1-11(17)14-4-2-3-9-19(14)10-15(20)18-13-7-5-12(16)6-8-13;/h5-8,11,14H,2-4,9-10,17H2,1H3,(H,18,20);1H. The molecule has 1 saturated heterocycles. The van der Waals surface area contributed by atoms with E-state index in [1.54, 1.807) is 24.3 Å². The fraction of sp³-hybridized carbons (Fsp3) is 0.533. The van der Waals surface area contributed by atoms with Crippen LogP contribution in [-0.2, 0) is 4.79 Å². The van der Waals surface area contributed by atoms with Crippen LogP contribution in [0.5, 0.6) is 0 Å². The van der Waals surface area contributed by atoms with Crippen LogP contribution in [0.4, 0.5) is 5.69 Å². The average molecular weight is 332 g/mol. The minimum absolute atomic E-state index is 0. The zero-order valence-electron chi connectivity index (χ0n) is 12.2. The summed E-state index contributed by atoms with van der Waals surface area (Å²) < 4.78 is 0. The number of nitrogens with two attached hydrogens (primary N) is 1. The molecule has 6 heteroatoms. The van der Waals surface area contributed by atoms with Crippen LogP contribution in [0.2, 0.25) is 5.02 Å². The Labute approximate surface area is 137 Å². The normalized spacial score (nSPS) is 20.4. The highest BCUT2D eigenvalue weighted by Crippen LogP contribution is 2.19. The topological polar surface area (TPSA) is 58.4 Å². The van der Waals surface area contributed by atoms with Gasteiger partial charge in [-0.2, -0.15) is 0 Å². The molecule has 1 aliphatic heterocycles. The summed E-state index contributed by atoms with van der Waals surface area (Å²) in [5, 5.41) is 3.56. The summed E-state index contributed by atoms with van der Waals surface area (Å²) in [7, 11) is 0. The molecule has 2 atom stereocenters. The molecule has 3 N–H and O–H groups in total. The van der Waals surface area contributed by atoms with Crippen molar-refractivity contribution >= 4 is 35.6 Å². The quantitative estimate of drug-likeness (QED) is 0.891. The lowest BCUT2D eigenvalue weighted by atomic mass is 9.97. The van der Waals surface area contributed by atoms with Crippen molar-refractivity contribution in [1.82, 2.24) is 4.90 Å². The van der Waals surface area contributed by atoms with Gasteiger partial charge in [0.15, 0.2) is 0 Å². The Morgan fingerprint density at radius 1 is 1.43 bits per heavy atom. The van der Waals surface area contributed by atoms with Gasteiger partial charge in [-0.1, -0.05) is 18.0 Å². The molecule has 4 nitrogen and oxygen atoms in total. The Kier molecular flexibility index (Phi) is 7.46. The van der Waals surface area contributed by atoms with Crippen LogP contribution >= 0.6 is 24.0 Å². The number of halogens is 2. The van der Waals surface area contributed by atoms with Crippen molar-refractivity contribution in [2.45, 2.75) is 38.3 Å². The summed E-state index contributed by atoms with van der Waals surface area (Å²) in [6.45, 7) is 3.36.